The van der Waals surface area contributed by atoms with Gasteiger partial charge in [-0.2, -0.15) is 0 Å². The van der Waals surface area contributed by atoms with Gasteiger partial charge < -0.3 is 14.9 Å². The van der Waals surface area contributed by atoms with Crippen molar-refractivity contribution in [2.45, 2.75) is 12.5 Å². The highest BCUT2D eigenvalue weighted by atomic mass is 16.6. The van der Waals surface area contributed by atoms with Crippen molar-refractivity contribution >= 4 is 11.9 Å². The van der Waals surface area contributed by atoms with Crippen molar-refractivity contribution in [1.29, 1.82) is 0 Å². The largest absolute Gasteiger partial charge is 0.478 e. The first-order chi connectivity index (χ1) is 7.59. The van der Waals surface area contributed by atoms with Gasteiger partial charge in [-0.3, -0.25) is 0 Å². The van der Waals surface area contributed by atoms with Crippen molar-refractivity contribution < 1.29 is 24.5 Å². The normalized spacial score (nSPS) is 18.1. The highest BCUT2D eigenvalue weighted by molar-refractivity contribution is 5.96. The van der Waals surface area contributed by atoms with Gasteiger partial charge in [0.15, 0.2) is 0 Å². The number of benzene rings is 1. The van der Waals surface area contributed by atoms with E-state index in [4.69, 9.17) is 14.9 Å². The van der Waals surface area contributed by atoms with Crippen LogP contribution in [-0.4, -0.2) is 34.9 Å². The number of rotatable bonds is 4. The number of carboxylic acid groups (broad SMARTS) is 2. The average Bonchev–Trinajstić information content (AvgIpc) is 3.01. The van der Waals surface area contributed by atoms with Crippen molar-refractivity contribution in [3.05, 3.63) is 34.9 Å². The number of carbonyl (C=O) groups is 2. The number of aromatic carboxylic acids is 2. The first-order valence-electron chi connectivity index (χ1n) is 4.79. The first kappa shape index (κ1) is 10.6. The van der Waals surface area contributed by atoms with Crippen molar-refractivity contribution in [2.75, 3.05) is 6.61 Å². The van der Waals surface area contributed by atoms with Gasteiger partial charge in [-0.15, -0.1) is 0 Å². The van der Waals surface area contributed by atoms with Crippen molar-refractivity contribution in [2.24, 2.45) is 0 Å². The molecule has 0 spiro atoms. The van der Waals surface area contributed by atoms with Gasteiger partial charge in [-0.05, 0) is 17.7 Å². The van der Waals surface area contributed by atoms with Crippen LogP contribution in [0.4, 0.5) is 0 Å². The zero-order valence-corrected chi connectivity index (χ0v) is 8.34. The quantitative estimate of drug-likeness (QED) is 0.743. The summed E-state index contributed by atoms with van der Waals surface area (Å²) in [6.45, 7) is 0.563. The number of hydrogen-bond acceptors (Lipinski definition) is 3. The van der Waals surface area contributed by atoms with Crippen LogP contribution in [0.15, 0.2) is 18.2 Å². The van der Waals surface area contributed by atoms with Gasteiger partial charge in [0, 0.05) is 6.42 Å². The SMILES string of the molecule is O=C(O)c1cccc(C(=O)O)c1CC1CO1. The number of carboxylic acids is 2. The lowest BCUT2D eigenvalue weighted by molar-refractivity contribution is 0.0695. The van der Waals surface area contributed by atoms with Gasteiger partial charge in [0.1, 0.15) is 0 Å². The summed E-state index contributed by atoms with van der Waals surface area (Å²) < 4.78 is 5.00. The Morgan fingerprint density at radius 1 is 1.25 bits per heavy atom. The summed E-state index contributed by atoms with van der Waals surface area (Å²) in [6, 6.07) is 4.25. The van der Waals surface area contributed by atoms with Gasteiger partial charge in [0.2, 0.25) is 0 Å². The highest BCUT2D eigenvalue weighted by Crippen LogP contribution is 2.22. The molecule has 16 heavy (non-hydrogen) atoms. The Labute approximate surface area is 91.3 Å². The molecule has 1 aromatic carbocycles. The van der Waals surface area contributed by atoms with Crippen LogP contribution in [0.3, 0.4) is 0 Å². The lowest BCUT2D eigenvalue weighted by Crippen LogP contribution is -2.11. The summed E-state index contributed by atoms with van der Waals surface area (Å²) in [6.07, 6.45) is 0.294. The van der Waals surface area contributed by atoms with Gasteiger partial charge in [-0.1, -0.05) is 6.07 Å². The third kappa shape index (κ3) is 2.04. The first-order valence-corrected chi connectivity index (χ1v) is 4.79. The molecule has 1 aliphatic rings. The Morgan fingerprint density at radius 2 is 1.75 bits per heavy atom. The molecule has 0 radical (unpaired) electrons. The monoisotopic (exact) mass is 222 g/mol. The number of hydrogen-bond donors (Lipinski definition) is 2. The minimum atomic E-state index is -1.11. The predicted molar refractivity (Wildman–Crippen MR) is 53.8 cm³/mol. The fourth-order valence-electron chi connectivity index (χ4n) is 1.62. The zero-order chi connectivity index (χ0) is 11.7. The van der Waals surface area contributed by atoms with Crippen LogP contribution >= 0.6 is 0 Å². The highest BCUT2D eigenvalue weighted by Gasteiger charge is 2.28. The van der Waals surface area contributed by atoms with Gasteiger partial charge in [-0.25, -0.2) is 9.59 Å². The van der Waals surface area contributed by atoms with E-state index in [0.717, 1.165) is 0 Å². The minimum absolute atomic E-state index is 0.0374. The maximum Gasteiger partial charge on any atom is 0.335 e. The van der Waals surface area contributed by atoms with Crippen LogP contribution < -0.4 is 0 Å². The smallest absolute Gasteiger partial charge is 0.335 e. The Bertz CT molecular complexity index is 415. The predicted octanol–water partition coefficient (Wildman–Crippen LogP) is 1.02. The molecular weight excluding hydrogens is 212 g/mol. The maximum atomic E-state index is 11.0. The summed E-state index contributed by atoms with van der Waals surface area (Å²) in [5.74, 6) is -2.22. The molecule has 0 amide bonds. The molecule has 0 bridgehead atoms. The lowest BCUT2D eigenvalue weighted by atomic mass is 9.97. The summed E-state index contributed by atoms with van der Waals surface area (Å²) in [7, 11) is 0. The second-order valence-corrected chi connectivity index (χ2v) is 3.60. The van der Waals surface area contributed by atoms with E-state index >= 15 is 0 Å². The topological polar surface area (TPSA) is 87.1 Å². The number of epoxide rings is 1. The van der Waals surface area contributed by atoms with E-state index in [0.29, 0.717) is 18.6 Å². The van der Waals surface area contributed by atoms with Crippen LogP contribution in [0.25, 0.3) is 0 Å². The minimum Gasteiger partial charge on any atom is -0.478 e. The molecule has 0 saturated carbocycles. The van der Waals surface area contributed by atoms with E-state index in [2.05, 4.69) is 0 Å². The zero-order valence-electron chi connectivity index (χ0n) is 8.34. The van der Waals surface area contributed by atoms with E-state index < -0.39 is 11.9 Å². The van der Waals surface area contributed by atoms with Gasteiger partial charge in [0.25, 0.3) is 0 Å². The second-order valence-electron chi connectivity index (χ2n) is 3.60. The third-order valence-corrected chi connectivity index (χ3v) is 2.47. The third-order valence-electron chi connectivity index (χ3n) is 2.47. The average molecular weight is 222 g/mol. The molecule has 0 aromatic heterocycles. The Hall–Kier alpha value is -1.88. The molecule has 2 N–H and O–H groups in total. The number of ether oxygens (including phenoxy) is 1. The standard InChI is InChI=1S/C11H10O5/c12-10(13)7-2-1-3-8(11(14)15)9(7)4-6-5-16-6/h1-3,6H,4-5H2,(H,12,13)(H,14,15). The molecule has 5 nitrogen and oxygen atoms in total. The molecule has 2 rings (SSSR count). The molecule has 1 aliphatic heterocycles. The van der Waals surface area contributed by atoms with Gasteiger partial charge >= 0.3 is 11.9 Å². The fraction of sp³-hybridized carbons (Fsp3) is 0.273. The lowest BCUT2D eigenvalue weighted by Gasteiger charge is -2.08. The van der Waals surface area contributed by atoms with Crippen molar-refractivity contribution in [1.82, 2.24) is 0 Å². The van der Waals surface area contributed by atoms with Crippen molar-refractivity contribution in [3.63, 3.8) is 0 Å². The van der Waals surface area contributed by atoms with Crippen LogP contribution in [0.1, 0.15) is 26.3 Å². The van der Waals surface area contributed by atoms with Crippen LogP contribution in [-0.2, 0) is 11.2 Å². The molecule has 1 saturated heterocycles. The summed E-state index contributed by atoms with van der Waals surface area (Å²) in [4.78, 5) is 21.9. The Morgan fingerprint density at radius 3 is 2.12 bits per heavy atom. The molecular formula is C11H10O5. The summed E-state index contributed by atoms with van der Waals surface area (Å²) >= 11 is 0. The van der Waals surface area contributed by atoms with Gasteiger partial charge in [0.05, 0.1) is 23.8 Å². The molecule has 1 fully saturated rings. The molecule has 1 heterocycles. The maximum absolute atomic E-state index is 11.0. The fourth-order valence-corrected chi connectivity index (χ4v) is 1.62. The van der Waals surface area contributed by atoms with E-state index in [-0.39, 0.29) is 17.2 Å². The van der Waals surface area contributed by atoms with Crippen LogP contribution in [0.5, 0.6) is 0 Å². The molecule has 1 unspecified atom stereocenters. The van der Waals surface area contributed by atoms with E-state index in [1.165, 1.54) is 18.2 Å². The Kier molecular flexibility index (Phi) is 2.62. The molecule has 0 aliphatic carbocycles. The summed E-state index contributed by atoms with van der Waals surface area (Å²) in [5.41, 5.74) is 0.413. The molecule has 1 aromatic rings. The second kappa shape index (κ2) is 3.94. The summed E-state index contributed by atoms with van der Waals surface area (Å²) in [5, 5.41) is 17.9. The van der Waals surface area contributed by atoms with E-state index in [1.54, 1.807) is 0 Å². The molecule has 1 atom stereocenters. The van der Waals surface area contributed by atoms with E-state index in [9.17, 15) is 9.59 Å². The van der Waals surface area contributed by atoms with Crippen LogP contribution in [0.2, 0.25) is 0 Å². The molecule has 84 valence electrons. The Balaban J connectivity index is 2.47. The van der Waals surface area contributed by atoms with Crippen molar-refractivity contribution in [3.8, 4) is 0 Å². The van der Waals surface area contributed by atoms with Crippen LogP contribution in [0, 0.1) is 0 Å². The van der Waals surface area contributed by atoms with E-state index in [1.807, 2.05) is 0 Å². The molecule has 5 heteroatoms.